The van der Waals surface area contributed by atoms with Gasteiger partial charge < -0.3 is 18.9 Å². The molecule has 93 valence electrons. The molecule has 0 spiro atoms. The minimum Gasteiger partial charge on any atom is -0.379 e. The van der Waals surface area contributed by atoms with E-state index >= 15 is 0 Å². The van der Waals surface area contributed by atoms with Gasteiger partial charge in [-0.2, -0.15) is 0 Å². The minimum absolute atomic E-state index is 0.352. The summed E-state index contributed by atoms with van der Waals surface area (Å²) in [4.78, 5) is 0. The molecular weight excluding hydrogens is 208 g/mol. The van der Waals surface area contributed by atoms with Crippen LogP contribution in [-0.2, 0) is 18.9 Å². The van der Waals surface area contributed by atoms with Crippen LogP contribution in [-0.4, -0.2) is 45.2 Å². The lowest BCUT2D eigenvalue weighted by molar-refractivity contribution is 0.0879. The fourth-order valence-corrected chi connectivity index (χ4v) is 1.48. The maximum atomic E-state index is 5.67. The van der Waals surface area contributed by atoms with Gasteiger partial charge in [-0.05, 0) is 19.3 Å². The molecular formula is C12H21O4. The van der Waals surface area contributed by atoms with E-state index in [4.69, 9.17) is 18.9 Å². The van der Waals surface area contributed by atoms with E-state index in [-0.39, 0.29) is 0 Å². The molecule has 2 heterocycles. The van der Waals surface area contributed by atoms with E-state index in [9.17, 15) is 0 Å². The summed E-state index contributed by atoms with van der Waals surface area (Å²) in [5.41, 5.74) is 0. The summed E-state index contributed by atoms with van der Waals surface area (Å²) in [6.45, 7) is 6.13. The van der Waals surface area contributed by atoms with Gasteiger partial charge >= 0.3 is 0 Å². The van der Waals surface area contributed by atoms with Gasteiger partial charge in [0.05, 0.1) is 32.5 Å². The Morgan fingerprint density at radius 2 is 1.88 bits per heavy atom. The van der Waals surface area contributed by atoms with E-state index in [1.807, 2.05) is 0 Å². The van der Waals surface area contributed by atoms with Crippen LogP contribution >= 0.6 is 0 Å². The van der Waals surface area contributed by atoms with E-state index < -0.39 is 0 Å². The molecule has 0 bridgehead atoms. The summed E-state index contributed by atoms with van der Waals surface area (Å²) in [5, 5.41) is 0. The summed E-state index contributed by atoms with van der Waals surface area (Å²) in [6, 6.07) is 0. The van der Waals surface area contributed by atoms with Crippen molar-refractivity contribution < 1.29 is 18.9 Å². The van der Waals surface area contributed by atoms with Crippen LogP contribution in [0.1, 0.15) is 26.2 Å². The lowest BCUT2D eigenvalue weighted by Gasteiger charge is -2.13. The molecule has 2 unspecified atom stereocenters. The maximum absolute atomic E-state index is 5.67. The maximum Gasteiger partial charge on any atom is 0.104 e. The van der Waals surface area contributed by atoms with E-state index in [0.29, 0.717) is 12.2 Å². The minimum atomic E-state index is 0.352. The highest BCUT2D eigenvalue weighted by Gasteiger charge is 2.24. The first-order valence-corrected chi connectivity index (χ1v) is 6.17. The van der Waals surface area contributed by atoms with Crippen molar-refractivity contribution in [3.63, 3.8) is 0 Å². The SMILES string of the molecule is CC[C](CCCOCC1CO1)OCC1CO1. The molecule has 0 aromatic carbocycles. The largest absolute Gasteiger partial charge is 0.379 e. The average molecular weight is 229 g/mol. The number of rotatable bonds is 10. The molecule has 0 saturated carbocycles. The van der Waals surface area contributed by atoms with Crippen LogP contribution in [0.3, 0.4) is 0 Å². The van der Waals surface area contributed by atoms with Gasteiger partial charge in [-0.3, -0.25) is 0 Å². The summed E-state index contributed by atoms with van der Waals surface area (Å²) in [7, 11) is 0. The predicted molar refractivity (Wildman–Crippen MR) is 59.0 cm³/mol. The highest BCUT2D eigenvalue weighted by Crippen LogP contribution is 2.19. The Kier molecular flexibility index (Phi) is 5.03. The lowest BCUT2D eigenvalue weighted by Crippen LogP contribution is -2.10. The van der Waals surface area contributed by atoms with Crippen molar-refractivity contribution in [1.82, 2.24) is 0 Å². The van der Waals surface area contributed by atoms with Crippen LogP contribution in [0.4, 0.5) is 0 Å². The summed E-state index contributed by atoms with van der Waals surface area (Å²) in [6.07, 6.45) is 4.90. The third-order valence-electron chi connectivity index (χ3n) is 2.72. The van der Waals surface area contributed by atoms with Gasteiger partial charge in [-0.1, -0.05) is 6.92 Å². The van der Waals surface area contributed by atoms with E-state index in [2.05, 4.69) is 6.92 Å². The number of ether oxygens (including phenoxy) is 4. The number of hydrogen-bond acceptors (Lipinski definition) is 4. The van der Waals surface area contributed by atoms with Gasteiger partial charge in [0.2, 0.25) is 0 Å². The first kappa shape index (κ1) is 12.3. The third-order valence-corrected chi connectivity index (χ3v) is 2.72. The molecule has 0 N–H and O–H groups in total. The molecule has 2 rings (SSSR count). The Morgan fingerprint density at radius 3 is 2.50 bits per heavy atom. The standard InChI is InChI=1S/C12H21O4/c1-2-10(14-8-12-9-16-12)4-3-5-13-6-11-7-15-11/h11-12H,2-9H2,1H3. The molecule has 0 aromatic rings. The molecule has 2 atom stereocenters. The highest BCUT2D eigenvalue weighted by atomic mass is 16.6. The van der Waals surface area contributed by atoms with E-state index in [0.717, 1.165) is 52.3 Å². The van der Waals surface area contributed by atoms with E-state index in [1.165, 1.54) is 6.10 Å². The monoisotopic (exact) mass is 229 g/mol. The van der Waals surface area contributed by atoms with Crippen molar-refractivity contribution >= 4 is 0 Å². The summed E-state index contributed by atoms with van der Waals surface area (Å²) < 4.78 is 21.3. The second-order valence-corrected chi connectivity index (χ2v) is 4.29. The normalized spacial score (nSPS) is 27.4. The van der Waals surface area contributed by atoms with Crippen molar-refractivity contribution in [3.05, 3.63) is 6.10 Å². The van der Waals surface area contributed by atoms with Gasteiger partial charge in [-0.15, -0.1) is 0 Å². The first-order chi connectivity index (χ1) is 7.88. The molecule has 2 aliphatic rings. The Hall–Kier alpha value is -0.160. The Balaban J connectivity index is 1.41. The summed E-state index contributed by atoms with van der Waals surface area (Å²) >= 11 is 0. The zero-order valence-electron chi connectivity index (χ0n) is 9.94. The van der Waals surface area contributed by atoms with Crippen LogP contribution in [0.25, 0.3) is 0 Å². The van der Waals surface area contributed by atoms with Crippen LogP contribution in [0.5, 0.6) is 0 Å². The Bertz CT molecular complexity index is 189. The summed E-state index contributed by atoms with van der Waals surface area (Å²) in [5.74, 6) is 0. The number of hydrogen-bond donors (Lipinski definition) is 0. The zero-order chi connectivity index (χ0) is 11.2. The topological polar surface area (TPSA) is 43.5 Å². The first-order valence-electron chi connectivity index (χ1n) is 6.17. The van der Waals surface area contributed by atoms with Crippen molar-refractivity contribution in [3.8, 4) is 0 Å². The third kappa shape index (κ3) is 5.25. The smallest absolute Gasteiger partial charge is 0.104 e. The second-order valence-electron chi connectivity index (χ2n) is 4.29. The fraction of sp³-hybridized carbons (Fsp3) is 0.917. The molecule has 0 amide bonds. The second kappa shape index (κ2) is 6.55. The van der Waals surface area contributed by atoms with Crippen LogP contribution in [0, 0.1) is 6.10 Å². The van der Waals surface area contributed by atoms with Gasteiger partial charge in [-0.25, -0.2) is 0 Å². The molecule has 4 heteroatoms. The Labute approximate surface area is 97.2 Å². The van der Waals surface area contributed by atoms with Gasteiger partial charge in [0.1, 0.15) is 12.2 Å². The van der Waals surface area contributed by atoms with Crippen molar-refractivity contribution in [1.29, 1.82) is 0 Å². The quantitative estimate of drug-likeness (QED) is 0.421. The predicted octanol–water partition coefficient (Wildman–Crippen LogP) is 1.54. The van der Waals surface area contributed by atoms with Gasteiger partial charge in [0.25, 0.3) is 0 Å². The Morgan fingerprint density at radius 1 is 1.19 bits per heavy atom. The molecule has 16 heavy (non-hydrogen) atoms. The average Bonchev–Trinajstić information content (AvgIpc) is 3.16. The van der Waals surface area contributed by atoms with Gasteiger partial charge in [0.15, 0.2) is 0 Å². The fourth-order valence-electron chi connectivity index (χ4n) is 1.48. The molecule has 4 nitrogen and oxygen atoms in total. The molecule has 2 aliphatic heterocycles. The highest BCUT2D eigenvalue weighted by molar-refractivity contribution is 4.79. The lowest BCUT2D eigenvalue weighted by atomic mass is 10.1. The van der Waals surface area contributed by atoms with Gasteiger partial charge in [0, 0.05) is 6.61 Å². The van der Waals surface area contributed by atoms with Crippen LogP contribution < -0.4 is 0 Å². The van der Waals surface area contributed by atoms with E-state index in [1.54, 1.807) is 0 Å². The molecule has 0 aliphatic carbocycles. The molecule has 2 saturated heterocycles. The van der Waals surface area contributed by atoms with Crippen LogP contribution in [0.15, 0.2) is 0 Å². The molecule has 2 fully saturated rings. The van der Waals surface area contributed by atoms with Crippen LogP contribution in [0.2, 0.25) is 0 Å². The van der Waals surface area contributed by atoms with Crippen molar-refractivity contribution in [2.75, 3.05) is 33.0 Å². The zero-order valence-corrected chi connectivity index (χ0v) is 9.94. The van der Waals surface area contributed by atoms with Crippen molar-refractivity contribution in [2.24, 2.45) is 0 Å². The van der Waals surface area contributed by atoms with Crippen molar-refractivity contribution in [2.45, 2.75) is 38.4 Å². The molecule has 1 radical (unpaired) electrons. The molecule has 0 aromatic heterocycles. The number of epoxide rings is 2.